The van der Waals surface area contributed by atoms with Crippen LogP contribution in [0.2, 0.25) is 0 Å². The third-order valence-corrected chi connectivity index (χ3v) is 5.71. The number of alkyl halides is 3. The molecule has 32 heavy (non-hydrogen) atoms. The van der Waals surface area contributed by atoms with Crippen molar-refractivity contribution in [3.63, 3.8) is 0 Å². The summed E-state index contributed by atoms with van der Waals surface area (Å²) in [6, 6.07) is 8.96. The number of carbonyl (C=O) groups excluding carboxylic acids is 1. The molecule has 0 radical (unpaired) electrons. The predicted octanol–water partition coefficient (Wildman–Crippen LogP) is 5.73. The molecule has 4 rings (SSSR count). The first kappa shape index (κ1) is 22.5. The number of amides is 1. The van der Waals surface area contributed by atoms with Gasteiger partial charge in [0.05, 0.1) is 33.0 Å². The maximum atomic E-state index is 13.0. The Hall–Kier alpha value is -2.69. The van der Waals surface area contributed by atoms with Gasteiger partial charge in [-0.2, -0.15) is 8.78 Å². The molecule has 0 spiro atoms. The number of benzene rings is 2. The van der Waals surface area contributed by atoms with Crippen molar-refractivity contribution in [3.05, 3.63) is 57.7 Å². The minimum atomic E-state index is -3.12. The van der Waals surface area contributed by atoms with Gasteiger partial charge in [-0.25, -0.2) is 4.98 Å². The second-order valence-corrected chi connectivity index (χ2v) is 8.53. The number of carbonyl (C=O) groups is 1. The molecule has 2 unspecified atom stereocenters. The van der Waals surface area contributed by atoms with Crippen LogP contribution in [0.25, 0.3) is 11.0 Å². The molecule has 1 aliphatic rings. The number of hydrogen-bond donors (Lipinski definition) is 3. The second-order valence-electron chi connectivity index (χ2n) is 6.67. The summed E-state index contributed by atoms with van der Waals surface area (Å²) in [7, 11) is 0. The fourth-order valence-electron chi connectivity index (χ4n) is 3.02. The van der Waals surface area contributed by atoms with Crippen molar-refractivity contribution in [2.24, 2.45) is 4.99 Å². The zero-order valence-electron chi connectivity index (χ0n) is 16.0. The Bertz CT molecular complexity index is 1220. The highest BCUT2D eigenvalue weighted by atomic mass is 79.9. The van der Waals surface area contributed by atoms with Gasteiger partial charge in [0.1, 0.15) is 5.75 Å². The highest BCUT2D eigenvalue weighted by Crippen LogP contribution is 2.30. The molecule has 12 heteroatoms. The van der Waals surface area contributed by atoms with Crippen molar-refractivity contribution in [3.8, 4) is 5.75 Å². The Labute approximate surface area is 199 Å². The number of nitrogens with zero attached hydrogens (tertiary/aromatic N) is 2. The highest BCUT2D eigenvalue weighted by molar-refractivity contribution is 9.10. The molecule has 1 aliphatic heterocycles. The number of rotatable bonds is 6. The van der Waals surface area contributed by atoms with Crippen molar-refractivity contribution in [2.45, 2.75) is 18.0 Å². The number of imidazole rings is 1. The lowest BCUT2D eigenvalue weighted by Crippen LogP contribution is -2.33. The Morgan fingerprint density at radius 2 is 2.00 bits per heavy atom. The Kier molecular flexibility index (Phi) is 6.63. The molecule has 2 atom stereocenters. The van der Waals surface area contributed by atoms with Crippen LogP contribution >= 0.6 is 39.1 Å². The predicted molar refractivity (Wildman–Crippen MR) is 124 cm³/mol. The van der Waals surface area contributed by atoms with Gasteiger partial charge in [0.2, 0.25) is 5.95 Å². The summed E-state index contributed by atoms with van der Waals surface area (Å²) in [6.45, 7) is -3.12. The van der Waals surface area contributed by atoms with E-state index in [1.165, 1.54) is 24.5 Å². The number of aromatic nitrogens is 2. The van der Waals surface area contributed by atoms with Crippen LogP contribution in [0, 0.1) is 0 Å². The average molecular weight is 545 g/mol. The highest BCUT2D eigenvalue weighted by Gasteiger charge is 2.25. The van der Waals surface area contributed by atoms with Crippen LogP contribution in [0.3, 0.4) is 0 Å². The quantitative estimate of drug-likeness (QED) is 0.345. The minimum absolute atomic E-state index is 0.0890. The van der Waals surface area contributed by atoms with E-state index in [0.29, 0.717) is 21.8 Å². The third-order valence-electron chi connectivity index (χ3n) is 4.48. The molecule has 2 aromatic carbocycles. The topological polar surface area (TPSA) is 91.4 Å². The first-order valence-corrected chi connectivity index (χ1v) is 10.8. The molecule has 0 bridgehead atoms. The first-order valence-electron chi connectivity index (χ1n) is 9.15. The third kappa shape index (κ3) is 5.03. The fraction of sp³-hybridized carbons (Fsp3) is 0.150. The minimum Gasteiger partial charge on any atom is -0.434 e. The maximum absolute atomic E-state index is 13.0. The van der Waals surface area contributed by atoms with E-state index in [1.807, 2.05) is 0 Å². The molecular weight excluding hydrogens is 531 g/mol. The molecule has 7 nitrogen and oxygen atoms in total. The zero-order chi connectivity index (χ0) is 22.8. The van der Waals surface area contributed by atoms with Gasteiger partial charge in [-0.15, -0.1) is 11.6 Å². The average Bonchev–Trinajstić information content (AvgIpc) is 3.13. The molecule has 0 saturated heterocycles. The molecule has 2 heterocycles. The van der Waals surface area contributed by atoms with Crippen LogP contribution in [0.4, 0.5) is 20.4 Å². The number of ether oxygens (including phenoxy) is 1. The van der Waals surface area contributed by atoms with Gasteiger partial charge in [-0.3, -0.25) is 9.79 Å². The van der Waals surface area contributed by atoms with E-state index < -0.39 is 23.9 Å². The van der Waals surface area contributed by atoms with E-state index in [-0.39, 0.29) is 17.3 Å². The SMILES string of the molecule is O=C(Nc1ccc(Br)cc1)c1cc2[nH]c(NC3C(Cl)=CN=CC3Cl)nc2cc1OC(F)F. The number of anilines is 2. The van der Waals surface area contributed by atoms with Crippen molar-refractivity contribution >= 4 is 73.9 Å². The number of fused-ring (bicyclic) bond motifs is 1. The van der Waals surface area contributed by atoms with E-state index in [1.54, 1.807) is 24.3 Å². The summed E-state index contributed by atoms with van der Waals surface area (Å²) in [5, 5.41) is 5.55. The van der Waals surface area contributed by atoms with Crippen LogP contribution < -0.4 is 15.4 Å². The lowest BCUT2D eigenvalue weighted by atomic mass is 10.1. The van der Waals surface area contributed by atoms with Crippen LogP contribution in [-0.4, -0.2) is 40.1 Å². The van der Waals surface area contributed by atoms with E-state index in [9.17, 15) is 13.6 Å². The van der Waals surface area contributed by atoms with Crippen LogP contribution in [0.5, 0.6) is 5.75 Å². The molecule has 1 aromatic heterocycles. The number of hydrogen-bond acceptors (Lipinski definition) is 5. The standard InChI is InChI=1S/C20H14BrCl2F2N5O2/c21-9-1-3-10(4-2-9)27-18(31)11-5-14-15(6-16(11)32-19(24)25)29-20(28-14)30-17-12(22)7-26-8-13(17)23/h1-8,12,17,19H,(H,27,31)(H2,28,29,30). The summed E-state index contributed by atoms with van der Waals surface area (Å²) in [4.78, 5) is 24.0. The normalized spacial score (nSPS) is 18.0. The van der Waals surface area contributed by atoms with Crippen LogP contribution in [0.1, 0.15) is 10.4 Å². The van der Waals surface area contributed by atoms with Gasteiger partial charge in [-0.1, -0.05) is 27.5 Å². The Balaban J connectivity index is 1.65. The lowest BCUT2D eigenvalue weighted by Gasteiger charge is -2.21. The summed E-state index contributed by atoms with van der Waals surface area (Å²) in [5.41, 5.74) is 1.13. The zero-order valence-corrected chi connectivity index (χ0v) is 19.0. The van der Waals surface area contributed by atoms with Crippen molar-refractivity contribution in [2.75, 3.05) is 10.6 Å². The monoisotopic (exact) mass is 543 g/mol. The Morgan fingerprint density at radius 3 is 2.69 bits per heavy atom. The molecule has 0 aliphatic carbocycles. The second kappa shape index (κ2) is 9.43. The summed E-state index contributed by atoms with van der Waals surface area (Å²) in [5.74, 6) is -0.645. The lowest BCUT2D eigenvalue weighted by molar-refractivity contribution is -0.0500. The molecule has 3 aromatic rings. The smallest absolute Gasteiger partial charge is 0.387 e. The van der Waals surface area contributed by atoms with Crippen molar-refractivity contribution in [1.82, 2.24) is 9.97 Å². The van der Waals surface area contributed by atoms with Gasteiger partial charge in [0, 0.05) is 28.6 Å². The van der Waals surface area contributed by atoms with E-state index in [2.05, 4.69) is 46.3 Å². The van der Waals surface area contributed by atoms with Gasteiger partial charge < -0.3 is 20.4 Å². The van der Waals surface area contributed by atoms with Gasteiger partial charge in [-0.05, 0) is 30.3 Å². The molecular formula is C20H14BrCl2F2N5O2. The van der Waals surface area contributed by atoms with Crippen molar-refractivity contribution < 1.29 is 18.3 Å². The summed E-state index contributed by atoms with van der Waals surface area (Å²) >= 11 is 15.7. The molecule has 3 N–H and O–H groups in total. The van der Waals surface area contributed by atoms with Gasteiger partial charge in [0.15, 0.2) is 0 Å². The van der Waals surface area contributed by atoms with E-state index >= 15 is 0 Å². The number of H-pyrrole nitrogens is 1. The van der Waals surface area contributed by atoms with Gasteiger partial charge >= 0.3 is 6.61 Å². The number of halogens is 5. The number of aromatic amines is 1. The van der Waals surface area contributed by atoms with Gasteiger partial charge in [0.25, 0.3) is 5.91 Å². The molecule has 0 fully saturated rings. The largest absolute Gasteiger partial charge is 0.434 e. The van der Waals surface area contributed by atoms with Crippen LogP contribution in [0.15, 0.2) is 57.1 Å². The summed E-state index contributed by atoms with van der Waals surface area (Å²) < 4.78 is 31.4. The van der Waals surface area contributed by atoms with E-state index in [4.69, 9.17) is 23.2 Å². The first-order chi connectivity index (χ1) is 15.3. The van der Waals surface area contributed by atoms with E-state index in [0.717, 1.165) is 4.47 Å². The van der Waals surface area contributed by atoms with Crippen molar-refractivity contribution in [1.29, 1.82) is 0 Å². The van der Waals surface area contributed by atoms with Crippen LogP contribution in [-0.2, 0) is 0 Å². The maximum Gasteiger partial charge on any atom is 0.387 e. The number of aliphatic imine (C=N–C) groups is 1. The Morgan fingerprint density at radius 1 is 1.25 bits per heavy atom. The summed E-state index contributed by atoms with van der Waals surface area (Å²) in [6.07, 6.45) is 2.98. The fourth-order valence-corrected chi connectivity index (χ4v) is 3.86. The number of nitrogens with one attached hydrogen (secondary N) is 3. The molecule has 166 valence electrons. The molecule has 1 amide bonds. The molecule has 0 saturated carbocycles.